The van der Waals surface area contributed by atoms with Gasteiger partial charge in [0.15, 0.2) is 5.78 Å². The van der Waals surface area contributed by atoms with Gasteiger partial charge in [-0.1, -0.05) is 29.8 Å². The highest BCUT2D eigenvalue weighted by Gasteiger charge is 2.31. The average molecular weight is 404 g/mol. The number of Topliss-reactive ketones (excluding diaryl/α,β-unsaturated/α-hetero) is 1. The number of phenols is 1. The summed E-state index contributed by atoms with van der Waals surface area (Å²) in [4.78, 5) is 27.6. The van der Waals surface area contributed by atoms with Gasteiger partial charge in [-0.2, -0.15) is 0 Å². The number of rotatable bonds is 10. The minimum absolute atomic E-state index is 0.0713. The Balaban J connectivity index is 2.13. The van der Waals surface area contributed by atoms with Crippen LogP contribution in [0.5, 0.6) is 11.5 Å². The minimum atomic E-state index is -0.886. The molecule has 0 aromatic heterocycles. The zero-order valence-electron chi connectivity index (χ0n) is 16.2. The molecule has 2 rings (SSSR count). The fraction of sp³-hybridized carbons (Fsp3) is 0.364. The van der Waals surface area contributed by atoms with Crippen molar-refractivity contribution in [2.75, 3.05) is 19.7 Å². The standard InChI is InChI=1S/C22H26ClNO4/c1-3-24(4-2)22(27)18(11-8-14-28-17-9-6-5-7-10-17)21(26)19-15-16(23)12-13-20(19)25/h5-7,9-10,12-13,15,18,25H,3-4,8,11,14H2,1-2H3. The predicted octanol–water partition coefficient (Wildman–Crippen LogP) is 4.57. The number of ketones is 1. The summed E-state index contributed by atoms with van der Waals surface area (Å²) in [6.07, 6.45) is 0.854. The van der Waals surface area contributed by atoms with Gasteiger partial charge >= 0.3 is 0 Å². The number of aromatic hydroxyl groups is 1. The number of para-hydroxylation sites is 1. The lowest BCUT2D eigenvalue weighted by atomic mass is 9.91. The fourth-order valence-corrected chi connectivity index (χ4v) is 3.18. The molecule has 0 aliphatic rings. The van der Waals surface area contributed by atoms with Crippen molar-refractivity contribution in [3.63, 3.8) is 0 Å². The van der Waals surface area contributed by atoms with Gasteiger partial charge in [-0.3, -0.25) is 9.59 Å². The number of hydrogen-bond donors (Lipinski definition) is 1. The van der Waals surface area contributed by atoms with E-state index in [2.05, 4.69) is 0 Å². The van der Waals surface area contributed by atoms with E-state index in [0.717, 1.165) is 5.75 Å². The van der Waals surface area contributed by atoms with Crippen molar-refractivity contribution in [3.8, 4) is 11.5 Å². The Hall–Kier alpha value is -2.53. The third-order valence-corrected chi connectivity index (χ3v) is 4.80. The van der Waals surface area contributed by atoms with Crippen LogP contribution in [0.1, 0.15) is 37.0 Å². The number of ether oxygens (including phenoxy) is 1. The van der Waals surface area contributed by atoms with E-state index in [1.54, 1.807) is 4.90 Å². The van der Waals surface area contributed by atoms with Crippen LogP contribution in [0.4, 0.5) is 0 Å². The highest BCUT2D eigenvalue weighted by molar-refractivity contribution is 6.31. The number of benzene rings is 2. The normalized spacial score (nSPS) is 11.7. The molecule has 0 radical (unpaired) electrons. The molecule has 1 unspecified atom stereocenters. The zero-order chi connectivity index (χ0) is 20.5. The summed E-state index contributed by atoms with van der Waals surface area (Å²) >= 11 is 5.98. The highest BCUT2D eigenvalue weighted by atomic mass is 35.5. The van der Waals surface area contributed by atoms with Gasteiger partial charge in [0.05, 0.1) is 12.2 Å². The Morgan fingerprint density at radius 1 is 1.11 bits per heavy atom. The van der Waals surface area contributed by atoms with Crippen molar-refractivity contribution in [1.29, 1.82) is 0 Å². The van der Waals surface area contributed by atoms with Gasteiger partial charge in [0.25, 0.3) is 0 Å². The van der Waals surface area contributed by atoms with Gasteiger partial charge in [0.2, 0.25) is 5.91 Å². The Bertz CT molecular complexity index is 790. The van der Waals surface area contributed by atoms with Crippen LogP contribution in [0.3, 0.4) is 0 Å². The summed E-state index contributed by atoms with van der Waals surface area (Å²) in [5.74, 6) is -0.977. The fourth-order valence-electron chi connectivity index (χ4n) is 3.01. The molecular formula is C22H26ClNO4. The first-order valence-corrected chi connectivity index (χ1v) is 9.85. The number of phenolic OH excluding ortho intramolecular Hbond substituents is 1. The van der Waals surface area contributed by atoms with E-state index in [9.17, 15) is 14.7 Å². The van der Waals surface area contributed by atoms with Gasteiger partial charge in [-0.05, 0) is 57.0 Å². The second kappa shape index (κ2) is 10.7. The van der Waals surface area contributed by atoms with Crippen LogP contribution in [0, 0.1) is 5.92 Å². The molecule has 1 atom stereocenters. The van der Waals surface area contributed by atoms with Gasteiger partial charge in [0.1, 0.15) is 17.4 Å². The Morgan fingerprint density at radius 2 is 1.79 bits per heavy atom. The second-order valence-corrected chi connectivity index (χ2v) is 6.83. The first-order chi connectivity index (χ1) is 13.5. The largest absolute Gasteiger partial charge is 0.507 e. The molecule has 28 heavy (non-hydrogen) atoms. The summed E-state index contributed by atoms with van der Waals surface area (Å²) in [6.45, 7) is 5.17. The Kier molecular flexibility index (Phi) is 8.33. The average Bonchev–Trinajstić information content (AvgIpc) is 2.71. The van der Waals surface area contributed by atoms with Gasteiger partial charge in [-0.25, -0.2) is 0 Å². The van der Waals surface area contributed by atoms with Crippen molar-refractivity contribution in [3.05, 3.63) is 59.1 Å². The van der Waals surface area contributed by atoms with Crippen molar-refractivity contribution < 1.29 is 19.4 Å². The molecule has 2 aromatic rings. The first-order valence-electron chi connectivity index (χ1n) is 9.47. The molecule has 1 amide bonds. The quantitative estimate of drug-likeness (QED) is 0.358. The summed E-state index contributed by atoms with van der Waals surface area (Å²) < 4.78 is 5.67. The molecule has 0 spiro atoms. The molecular weight excluding hydrogens is 378 g/mol. The maximum atomic E-state index is 13.1. The maximum absolute atomic E-state index is 13.1. The number of hydrogen-bond acceptors (Lipinski definition) is 4. The molecule has 0 aliphatic carbocycles. The number of carbonyl (C=O) groups is 2. The summed E-state index contributed by atoms with van der Waals surface area (Å²) in [5, 5.41) is 10.4. The van der Waals surface area contributed by atoms with Crippen LogP contribution in [-0.4, -0.2) is 41.4 Å². The smallest absolute Gasteiger partial charge is 0.233 e. The molecule has 0 saturated heterocycles. The topological polar surface area (TPSA) is 66.8 Å². The predicted molar refractivity (Wildman–Crippen MR) is 110 cm³/mol. The van der Waals surface area contributed by atoms with E-state index in [-0.39, 0.29) is 17.2 Å². The Morgan fingerprint density at radius 3 is 2.43 bits per heavy atom. The molecule has 1 N–H and O–H groups in total. The lowest BCUT2D eigenvalue weighted by Gasteiger charge is -2.24. The van der Waals surface area contributed by atoms with E-state index < -0.39 is 11.7 Å². The minimum Gasteiger partial charge on any atom is -0.507 e. The summed E-state index contributed by atoms with van der Waals surface area (Å²) in [5.41, 5.74) is 0.0713. The maximum Gasteiger partial charge on any atom is 0.233 e. The zero-order valence-corrected chi connectivity index (χ0v) is 17.0. The van der Waals surface area contributed by atoms with E-state index in [1.807, 2.05) is 44.2 Å². The Labute approximate surface area is 170 Å². The van der Waals surface area contributed by atoms with E-state index >= 15 is 0 Å². The number of amides is 1. The van der Waals surface area contributed by atoms with Crippen LogP contribution in [0.2, 0.25) is 5.02 Å². The van der Waals surface area contributed by atoms with E-state index in [4.69, 9.17) is 16.3 Å². The molecule has 5 nitrogen and oxygen atoms in total. The molecule has 2 aromatic carbocycles. The molecule has 0 heterocycles. The first kappa shape index (κ1) is 21.8. The van der Waals surface area contributed by atoms with Gasteiger partial charge in [-0.15, -0.1) is 0 Å². The van der Waals surface area contributed by atoms with Crippen LogP contribution in [-0.2, 0) is 4.79 Å². The van der Waals surface area contributed by atoms with E-state index in [1.165, 1.54) is 18.2 Å². The monoisotopic (exact) mass is 403 g/mol. The van der Waals surface area contributed by atoms with Crippen molar-refractivity contribution >= 4 is 23.3 Å². The van der Waals surface area contributed by atoms with Crippen LogP contribution < -0.4 is 4.74 Å². The molecule has 0 aliphatic heterocycles. The molecule has 6 heteroatoms. The SMILES string of the molecule is CCN(CC)C(=O)C(CCCOc1ccccc1)C(=O)c1cc(Cl)ccc1O. The lowest BCUT2D eigenvalue weighted by molar-refractivity contribution is -0.133. The van der Waals surface area contributed by atoms with Gasteiger partial charge < -0.3 is 14.7 Å². The van der Waals surface area contributed by atoms with Crippen LogP contribution in [0.25, 0.3) is 0 Å². The van der Waals surface area contributed by atoms with Crippen molar-refractivity contribution in [1.82, 2.24) is 4.90 Å². The number of halogens is 1. The summed E-state index contributed by atoms with van der Waals surface area (Å²) in [7, 11) is 0. The third-order valence-electron chi connectivity index (χ3n) is 4.56. The van der Waals surface area contributed by atoms with Gasteiger partial charge in [0, 0.05) is 18.1 Å². The second-order valence-electron chi connectivity index (χ2n) is 6.39. The van der Waals surface area contributed by atoms with E-state index in [0.29, 0.717) is 37.6 Å². The van der Waals surface area contributed by atoms with Crippen molar-refractivity contribution in [2.45, 2.75) is 26.7 Å². The van der Waals surface area contributed by atoms with Crippen LogP contribution >= 0.6 is 11.6 Å². The van der Waals surface area contributed by atoms with Crippen molar-refractivity contribution in [2.24, 2.45) is 5.92 Å². The lowest BCUT2D eigenvalue weighted by Crippen LogP contribution is -2.39. The number of nitrogens with zero attached hydrogens (tertiary/aromatic N) is 1. The molecule has 0 saturated carbocycles. The third kappa shape index (κ3) is 5.73. The summed E-state index contributed by atoms with van der Waals surface area (Å²) in [6, 6.07) is 13.7. The highest BCUT2D eigenvalue weighted by Crippen LogP contribution is 2.27. The molecule has 150 valence electrons. The number of carbonyl (C=O) groups excluding carboxylic acids is 2. The molecule has 0 bridgehead atoms. The molecule has 0 fully saturated rings. The van der Waals surface area contributed by atoms with Crippen LogP contribution in [0.15, 0.2) is 48.5 Å².